The summed E-state index contributed by atoms with van der Waals surface area (Å²) < 4.78 is 14.3. The van der Waals surface area contributed by atoms with Gasteiger partial charge in [0.1, 0.15) is 5.82 Å². The average Bonchev–Trinajstić information content (AvgIpc) is 3.19. The quantitative estimate of drug-likeness (QED) is 0.357. The molecule has 1 saturated heterocycles. The van der Waals surface area contributed by atoms with Crippen LogP contribution in [0.3, 0.4) is 0 Å². The van der Waals surface area contributed by atoms with E-state index in [0.29, 0.717) is 17.6 Å². The molecule has 6 aliphatic rings. The molecule has 4 bridgehead atoms. The molecular weight excluding hydrogens is 451 g/mol. The fraction of sp³-hybridized carbons (Fsp3) is 0.767. The number of piperidine rings is 1. The summed E-state index contributed by atoms with van der Waals surface area (Å²) in [4.78, 5) is 14.9. The number of unbranched alkanes of at least 4 members (excludes halogenated alkanes) is 4. The van der Waals surface area contributed by atoms with Crippen molar-refractivity contribution < 1.29 is 9.18 Å². The molecule has 198 valence electrons. The molecule has 1 unspecified atom stereocenters. The Morgan fingerprint density at radius 3 is 2.36 bits per heavy atom. The molecule has 1 aromatic rings. The van der Waals surface area contributed by atoms with Crippen LogP contribution >= 0.6 is 0 Å². The molecular formula is C30H45FN4O. The minimum atomic E-state index is -0.320. The van der Waals surface area contributed by atoms with E-state index in [1.54, 1.807) is 6.07 Å². The number of amides is 1. The van der Waals surface area contributed by atoms with E-state index in [4.69, 9.17) is 0 Å². The van der Waals surface area contributed by atoms with E-state index in [1.807, 2.05) is 4.90 Å². The molecule has 6 heteroatoms. The molecule has 36 heavy (non-hydrogen) atoms. The Kier molecular flexibility index (Phi) is 7.27. The number of rotatable bonds is 11. The van der Waals surface area contributed by atoms with Gasteiger partial charge in [-0.15, -0.1) is 0 Å². The monoisotopic (exact) mass is 496 g/mol. The first kappa shape index (κ1) is 24.7. The lowest BCUT2D eigenvalue weighted by Crippen LogP contribution is -2.58. The number of fused-ring (bicyclic) bond motifs is 1. The molecule has 0 radical (unpaired) electrons. The maximum atomic E-state index is 14.3. The fourth-order valence-electron chi connectivity index (χ4n) is 8.63. The van der Waals surface area contributed by atoms with E-state index in [2.05, 4.69) is 16.0 Å². The van der Waals surface area contributed by atoms with Gasteiger partial charge in [-0.3, -0.25) is 4.79 Å². The fourth-order valence-corrected chi connectivity index (χ4v) is 8.63. The highest BCUT2D eigenvalue weighted by Crippen LogP contribution is 2.55. The zero-order valence-corrected chi connectivity index (χ0v) is 21.9. The van der Waals surface area contributed by atoms with Crippen LogP contribution in [0.1, 0.15) is 99.4 Å². The third-order valence-corrected chi connectivity index (χ3v) is 9.95. The molecule has 7 rings (SSSR count). The third kappa shape index (κ3) is 5.18. The molecule has 5 nitrogen and oxygen atoms in total. The molecule has 0 aromatic heterocycles. The van der Waals surface area contributed by atoms with Crippen LogP contribution in [-0.4, -0.2) is 48.6 Å². The Balaban J connectivity index is 0.900. The van der Waals surface area contributed by atoms with Crippen molar-refractivity contribution in [1.82, 2.24) is 15.5 Å². The maximum absolute atomic E-state index is 14.3. The summed E-state index contributed by atoms with van der Waals surface area (Å²) in [5.41, 5.74) is 2.83. The van der Waals surface area contributed by atoms with Crippen molar-refractivity contribution in [2.45, 2.75) is 102 Å². The maximum Gasteiger partial charge on any atom is 0.254 e. The smallest absolute Gasteiger partial charge is 0.254 e. The zero-order chi connectivity index (χ0) is 24.5. The minimum absolute atomic E-state index is 0.0107. The van der Waals surface area contributed by atoms with Gasteiger partial charge in [0.05, 0.1) is 0 Å². The van der Waals surface area contributed by atoms with E-state index < -0.39 is 0 Å². The van der Waals surface area contributed by atoms with Gasteiger partial charge < -0.3 is 20.9 Å². The van der Waals surface area contributed by atoms with E-state index >= 15 is 0 Å². The van der Waals surface area contributed by atoms with Crippen molar-refractivity contribution in [1.29, 1.82) is 0 Å². The zero-order valence-electron chi connectivity index (χ0n) is 21.9. The van der Waals surface area contributed by atoms with E-state index in [1.165, 1.54) is 76.8 Å². The van der Waals surface area contributed by atoms with Crippen molar-refractivity contribution in [3.05, 3.63) is 29.1 Å². The number of hydrogen-bond acceptors (Lipinski definition) is 4. The van der Waals surface area contributed by atoms with Crippen LogP contribution in [0.2, 0.25) is 0 Å². The molecule has 2 aliphatic heterocycles. The van der Waals surface area contributed by atoms with Crippen LogP contribution in [0.4, 0.5) is 10.1 Å². The van der Waals surface area contributed by atoms with Gasteiger partial charge in [-0.1, -0.05) is 19.3 Å². The van der Waals surface area contributed by atoms with E-state index in [-0.39, 0.29) is 17.8 Å². The molecule has 0 spiro atoms. The molecule has 1 amide bonds. The molecule has 3 N–H and O–H groups in total. The van der Waals surface area contributed by atoms with Crippen LogP contribution < -0.4 is 16.0 Å². The molecule has 1 aromatic carbocycles. The summed E-state index contributed by atoms with van der Waals surface area (Å²) in [5, 5.41) is 10.9. The summed E-state index contributed by atoms with van der Waals surface area (Å²) in [6.45, 7) is 4.47. The Bertz CT molecular complexity index is 908. The Morgan fingerprint density at radius 1 is 0.972 bits per heavy atom. The highest BCUT2D eigenvalue weighted by Gasteiger charge is 2.50. The Labute approximate surface area is 216 Å². The average molecular weight is 497 g/mol. The molecule has 2 heterocycles. The number of benzene rings is 1. The van der Waals surface area contributed by atoms with E-state index in [9.17, 15) is 9.18 Å². The van der Waals surface area contributed by atoms with Crippen molar-refractivity contribution in [3.8, 4) is 0 Å². The second-order valence-corrected chi connectivity index (χ2v) is 12.7. The second-order valence-electron chi connectivity index (χ2n) is 12.7. The number of carbonyl (C=O) groups excluding carboxylic acids is 1. The first-order chi connectivity index (χ1) is 17.6. The standard InChI is InChI=1S/C30H45FN4O/c31-24-14-26-27(20-35(29(26)36)25-7-6-8-32-19-25)28(15-24)33-9-4-2-1-3-5-10-34-30-16-21-11-22(17-30)13-23(12-21)18-30/h14-15,21-23,25,32-34H,1-13,16-20H2. The predicted molar refractivity (Wildman–Crippen MR) is 143 cm³/mol. The Morgan fingerprint density at radius 2 is 1.67 bits per heavy atom. The summed E-state index contributed by atoms with van der Waals surface area (Å²) >= 11 is 0. The Hall–Kier alpha value is -1.66. The largest absolute Gasteiger partial charge is 0.385 e. The first-order valence-electron chi connectivity index (χ1n) is 14.9. The van der Waals surface area contributed by atoms with Crippen LogP contribution in [-0.2, 0) is 6.54 Å². The van der Waals surface area contributed by atoms with Crippen molar-refractivity contribution in [2.24, 2.45) is 17.8 Å². The number of hydrogen-bond donors (Lipinski definition) is 3. The molecule has 5 fully saturated rings. The first-order valence-corrected chi connectivity index (χ1v) is 14.9. The second kappa shape index (κ2) is 10.6. The minimum Gasteiger partial charge on any atom is -0.385 e. The van der Waals surface area contributed by atoms with Gasteiger partial charge >= 0.3 is 0 Å². The summed E-state index contributed by atoms with van der Waals surface area (Å²) in [6.07, 6.45) is 17.1. The van der Waals surface area contributed by atoms with Gasteiger partial charge in [0, 0.05) is 48.0 Å². The van der Waals surface area contributed by atoms with Crippen LogP contribution in [0, 0.1) is 23.6 Å². The number of halogens is 1. The lowest BCUT2D eigenvalue weighted by Gasteiger charge is -2.57. The highest BCUT2D eigenvalue weighted by molar-refractivity contribution is 6.00. The predicted octanol–water partition coefficient (Wildman–Crippen LogP) is 5.45. The number of nitrogens with zero attached hydrogens (tertiary/aromatic N) is 1. The number of carbonyl (C=O) groups is 1. The van der Waals surface area contributed by atoms with Gasteiger partial charge in [-0.2, -0.15) is 0 Å². The van der Waals surface area contributed by atoms with Crippen LogP contribution in [0.15, 0.2) is 12.1 Å². The van der Waals surface area contributed by atoms with Gasteiger partial charge in [0.25, 0.3) is 5.91 Å². The van der Waals surface area contributed by atoms with Crippen molar-refractivity contribution in [3.63, 3.8) is 0 Å². The lowest BCUT2D eigenvalue weighted by atomic mass is 9.53. The molecule has 4 aliphatic carbocycles. The van der Waals surface area contributed by atoms with Gasteiger partial charge in [-0.05, 0) is 107 Å². The van der Waals surface area contributed by atoms with Crippen molar-refractivity contribution in [2.75, 3.05) is 31.5 Å². The number of nitrogens with one attached hydrogen (secondary N) is 3. The third-order valence-electron chi connectivity index (χ3n) is 9.95. The van der Waals surface area contributed by atoms with Crippen LogP contribution in [0.25, 0.3) is 0 Å². The summed E-state index contributed by atoms with van der Waals surface area (Å²) in [7, 11) is 0. The summed E-state index contributed by atoms with van der Waals surface area (Å²) in [6, 6.07) is 3.22. The normalized spacial score (nSPS) is 32.8. The van der Waals surface area contributed by atoms with Gasteiger partial charge in [-0.25, -0.2) is 4.39 Å². The van der Waals surface area contributed by atoms with Gasteiger partial charge in [0.15, 0.2) is 0 Å². The van der Waals surface area contributed by atoms with Gasteiger partial charge in [0.2, 0.25) is 0 Å². The highest BCUT2D eigenvalue weighted by atomic mass is 19.1. The van der Waals surface area contributed by atoms with Crippen LogP contribution in [0.5, 0.6) is 0 Å². The lowest BCUT2D eigenvalue weighted by molar-refractivity contribution is -0.0196. The summed E-state index contributed by atoms with van der Waals surface area (Å²) in [5.74, 6) is 2.71. The molecule has 4 saturated carbocycles. The molecule has 1 atom stereocenters. The van der Waals surface area contributed by atoms with Crippen molar-refractivity contribution >= 4 is 11.6 Å². The topological polar surface area (TPSA) is 56.4 Å². The number of anilines is 1. The SMILES string of the molecule is O=C1c2cc(F)cc(NCCCCCCCNC34CC5CC(CC(C5)C3)C4)c2CN1C1CCCNC1. The van der Waals surface area contributed by atoms with E-state index in [0.717, 1.165) is 67.9 Å².